The zero-order chi connectivity index (χ0) is 23.1. The summed E-state index contributed by atoms with van der Waals surface area (Å²) in [6.07, 6.45) is 0. The number of carbonyl (C=O) groups excluding carboxylic acids is 2. The van der Waals surface area contributed by atoms with Crippen LogP contribution in [-0.4, -0.2) is 24.9 Å². The van der Waals surface area contributed by atoms with Crippen LogP contribution in [0.5, 0.6) is 23.0 Å². The quantitative estimate of drug-likeness (QED) is 0.383. The van der Waals surface area contributed by atoms with E-state index in [1.807, 2.05) is 0 Å². The molecule has 0 saturated heterocycles. The number of halogens is 2. The minimum Gasteiger partial charge on any atom is -0.452 e. The highest BCUT2D eigenvalue weighted by molar-refractivity contribution is 6.32. The lowest BCUT2D eigenvalue weighted by Gasteiger charge is -2.15. The molecule has 3 aromatic carbocycles. The molecule has 0 unspecified atom stereocenters. The number of carbonyl (C=O) groups is 2. The van der Waals surface area contributed by atoms with Crippen molar-refractivity contribution in [3.05, 3.63) is 70.7 Å². The van der Waals surface area contributed by atoms with Crippen LogP contribution in [0.4, 0.5) is 11.4 Å². The summed E-state index contributed by atoms with van der Waals surface area (Å²) >= 11 is 12.6. The fraction of sp³-hybridized carbons (Fsp3) is 0.0909. The third-order valence-electron chi connectivity index (χ3n) is 4.09. The first kappa shape index (κ1) is 23.4. The smallest absolute Gasteiger partial charge is 0.238 e. The van der Waals surface area contributed by atoms with Crippen molar-refractivity contribution in [1.82, 2.24) is 0 Å². The van der Waals surface area contributed by atoms with E-state index in [0.717, 1.165) is 0 Å². The molecule has 2 amide bonds. The van der Waals surface area contributed by atoms with Crippen LogP contribution in [-0.2, 0) is 9.59 Å². The average molecular weight is 475 g/mol. The maximum absolute atomic E-state index is 11.4. The van der Waals surface area contributed by atoms with Crippen LogP contribution in [0.2, 0.25) is 10.0 Å². The van der Waals surface area contributed by atoms with E-state index in [2.05, 4.69) is 10.6 Å². The Morgan fingerprint density at radius 1 is 0.688 bits per heavy atom. The molecule has 0 atom stereocenters. The summed E-state index contributed by atoms with van der Waals surface area (Å²) in [5.41, 5.74) is 11.6. The SMILES string of the molecule is NCC(=O)Nc1ccc(Oc2ccccc2Oc2ccc(NC(=O)CN)cc2Cl)c(Cl)c1. The van der Waals surface area contributed by atoms with Gasteiger partial charge in [-0.15, -0.1) is 0 Å². The topological polar surface area (TPSA) is 129 Å². The summed E-state index contributed by atoms with van der Waals surface area (Å²) in [7, 11) is 0. The molecule has 3 aromatic rings. The highest BCUT2D eigenvalue weighted by Crippen LogP contribution is 2.40. The number of anilines is 2. The Morgan fingerprint density at radius 3 is 1.44 bits per heavy atom. The monoisotopic (exact) mass is 474 g/mol. The molecule has 166 valence electrons. The highest BCUT2D eigenvalue weighted by Gasteiger charge is 2.13. The Hall–Kier alpha value is -3.30. The van der Waals surface area contributed by atoms with E-state index in [1.165, 1.54) is 0 Å². The number of rotatable bonds is 8. The molecule has 0 saturated carbocycles. The van der Waals surface area contributed by atoms with E-state index in [9.17, 15) is 9.59 Å². The summed E-state index contributed by atoms with van der Waals surface area (Å²) in [5, 5.41) is 5.80. The van der Waals surface area contributed by atoms with Gasteiger partial charge in [0.15, 0.2) is 11.5 Å². The Bertz CT molecular complexity index is 1050. The number of nitrogens with two attached hydrogens (primary N) is 2. The zero-order valence-corrected chi connectivity index (χ0v) is 18.2. The number of para-hydroxylation sites is 2. The van der Waals surface area contributed by atoms with Gasteiger partial charge in [-0.1, -0.05) is 35.3 Å². The van der Waals surface area contributed by atoms with Crippen molar-refractivity contribution in [2.45, 2.75) is 0 Å². The van der Waals surface area contributed by atoms with Crippen LogP contribution in [0.1, 0.15) is 0 Å². The molecule has 0 aromatic heterocycles. The van der Waals surface area contributed by atoms with Crippen molar-refractivity contribution in [2.24, 2.45) is 11.5 Å². The van der Waals surface area contributed by atoms with Crippen LogP contribution in [0, 0.1) is 0 Å². The molecule has 6 N–H and O–H groups in total. The largest absolute Gasteiger partial charge is 0.452 e. The molecule has 0 fully saturated rings. The van der Waals surface area contributed by atoms with E-state index in [4.69, 9.17) is 44.1 Å². The Kier molecular flexibility index (Phi) is 7.91. The number of benzene rings is 3. The lowest BCUT2D eigenvalue weighted by atomic mass is 10.2. The van der Waals surface area contributed by atoms with Crippen LogP contribution < -0.4 is 31.6 Å². The van der Waals surface area contributed by atoms with Gasteiger partial charge in [0.1, 0.15) is 11.5 Å². The van der Waals surface area contributed by atoms with Crippen LogP contribution >= 0.6 is 23.2 Å². The lowest BCUT2D eigenvalue weighted by molar-refractivity contribution is -0.115. The predicted molar refractivity (Wildman–Crippen MR) is 125 cm³/mol. The molecule has 10 heteroatoms. The minimum atomic E-state index is -0.334. The van der Waals surface area contributed by atoms with Gasteiger partial charge in [0, 0.05) is 11.4 Å². The van der Waals surface area contributed by atoms with E-state index < -0.39 is 0 Å². The molecular formula is C22H20Cl2N4O4. The summed E-state index contributed by atoms with van der Waals surface area (Å²) in [6.45, 7) is -0.271. The van der Waals surface area contributed by atoms with Gasteiger partial charge in [0.2, 0.25) is 11.8 Å². The number of hydrogen-bond donors (Lipinski definition) is 4. The van der Waals surface area contributed by atoms with Gasteiger partial charge in [-0.3, -0.25) is 9.59 Å². The van der Waals surface area contributed by atoms with E-state index >= 15 is 0 Å². The molecule has 0 aliphatic carbocycles. The highest BCUT2D eigenvalue weighted by atomic mass is 35.5. The van der Waals surface area contributed by atoms with Gasteiger partial charge >= 0.3 is 0 Å². The Morgan fingerprint density at radius 2 is 1.09 bits per heavy atom. The van der Waals surface area contributed by atoms with Gasteiger partial charge < -0.3 is 31.6 Å². The molecule has 3 rings (SSSR count). The first-order valence-corrected chi connectivity index (χ1v) is 10.2. The standard InChI is InChI=1S/C22H20Cl2N4O4/c23-15-9-13(27-21(29)11-25)5-7-17(15)31-19-3-1-2-4-20(19)32-18-8-6-14(10-16(18)24)28-22(30)12-26/h1-10H,11-12,25-26H2,(H,27,29)(H,28,30). The van der Waals surface area contributed by atoms with Crippen LogP contribution in [0.3, 0.4) is 0 Å². The number of hydrogen-bond acceptors (Lipinski definition) is 6. The number of amides is 2. The van der Waals surface area contributed by atoms with Gasteiger partial charge in [-0.2, -0.15) is 0 Å². The predicted octanol–water partition coefficient (Wildman–Crippen LogP) is 4.37. The second kappa shape index (κ2) is 10.8. The molecular weight excluding hydrogens is 455 g/mol. The molecule has 0 spiro atoms. The van der Waals surface area contributed by atoms with Gasteiger partial charge in [-0.25, -0.2) is 0 Å². The maximum atomic E-state index is 11.4. The molecule has 32 heavy (non-hydrogen) atoms. The molecule has 0 heterocycles. The van der Waals surface area contributed by atoms with Gasteiger partial charge in [0.05, 0.1) is 23.1 Å². The summed E-state index contributed by atoms with van der Waals surface area (Å²) in [5.74, 6) is 0.839. The molecule has 0 aliphatic rings. The minimum absolute atomic E-state index is 0.135. The zero-order valence-electron chi connectivity index (χ0n) is 16.7. The van der Waals surface area contributed by atoms with Crippen molar-refractivity contribution >= 4 is 46.4 Å². The summed E-state index contributed by atoms with van der Waals surface area (Å²) < 4.78 is 11.8. The molecule has 0 bridgehead atoms. The lowest BCUT2D eigenvalue weighted by Crippen LogP contribution is -2.21. The third kappa shape index (κ3) is 6.12. The van der Waals surface area contributed by atoms with Gasteiger partial charge in [-0.05, 0) is 48.5 Å². The summed E-state index contributed by atoms with van der Waals surface area (Å²) in [6, 6.07) is 16.6. The van der Waals surface area contributed by atoms with Crippen molar-refractivity contribution < 1.29 is 19.1 Å². The van der Waals surface area contributed by atoms with Crippen LogP contribution in [0.15, 0.2) is 60.7 Å². The number of ether oxygens (including phenoxy) is 2. The Balaban J connectivity index is 1.78. The van der Waals surface area contributed by atoms with Crippen molar-refractivity contribution in [1.29, 1.82) is 0 Å². The third-order valence-corrected chi connectivity index (χ3v) is 4.68. The van der Waals surface area contributed by atoms with E-state index in [-0.39, 0.29) is 34.9 Å². The van der Waals surface area contributed by atoms with Crippen molar-refractivity contribution in [3.63, 3.8) is 0 Å². The Labute approximate surface area is 194 Å². The first-order valence-electron chi connectivity index (χ1n) is 9.43. The maximum Gasteiger partial charge on any atom is 0.238 e. The first-order chi connectivity index (χ1) is 15.4. The van der Waals surface area contributed by atoms with E-state index in [0.29, 0.717) is 34.4 Å². The fourth-order valence-corrected chi connectivity index (χ4v) is 3.04. The molecule has 0 aliphatic heterocycles. The molecule has 8 nitrogen and oxygen atoms in total. The van der Waals surface area contributed by atoms with Crippen molar-refractivity contribution in [3.8, 4) is 23.0 Å². The fourth-order valence-electron chi connectivity index (χ4n) is 2.60. The average Bonchev–Trinajstić information content (AvgIpc) is 2.78. The second-order valence-corrected chi connectivity index (χ2v) is 7.26. The normalized spacial score (nSPS) is 10.4. The number of nitrogens with one attached hydrogen (secondary N) is 2. The molecule has 0 radical (unpaired) electrons. The second-order valence-electron chi connectivity index (χ2n) is 6.45. The van der Waals surface area contributed by atoms with Gasteiger partial charge in [0.25, 0.3) is 0 Å². The van der Waals surface area contributed by atoms with Crippen LogP contribution in [0.25, 0.3) is 0 Å². The van der Waals surface area contributed by atoms with E-state index in [1.54, 1.807) is 60.7 Å². The summed E-state index contributed by atoms with van der Waals surface area (Å²) in [4.78, 5) is 22.9. The van der Waals surface area contributed by atoms with Crippen molar-refractivity contribution in [2.75, 3.05) is 23.7 Å².